The Labute approximate surface area is 82.9 Å². The van der Waals surface area contributed by atoms with Crippen LogP contribution < -0.4 is 4.74 Å². The summed E-state index contributed by atoms with van der Waals surface area (Å²) in [4.78, 5) is 0. The highest BCUT2D eigenvalue weighted by atomic mass is 16.6. The highest BCUT2D eigenvalue weighted by Gasteiger charge is 2.22. The second kappa shape index (κ2) is 4.12. The fraction of sp³-hybridized carbons (Fsp3) is 0.364. The molecule has 14 heavy (non-hydrogen) atoms. The predicted octanol–water partition coefficient (Wildman–Crippen LogP) is 1.53. The molecule has 0 spiro atoms. The van der Waals surface area contributed by atoms with Gasteiger partial charge in [0, 0.05) is 0 Å². The Morgan fingerprint density at radius 3 is 2.71 bits per heavy atom. The molecule has 0 amide bonds. The van der Waals surface area contributed by atoms with E-state index >= 15 is 0 Å². The van der Waals surface area contributed by atoms with Crippen molar-refractivity contribution in [1.29, 1.82) is 5.26 Å². The van der Waals surface area contributed by atoms with Gasteiger partial charge in [0.1, 0.15) is 18.5 Å². The van der Waals surface area contributed by atoms with Crippen LogP contribution in [-0.2, 0) is 11.2 Å². The van der Waals surface area contributed by atoms with E-state index in [0.29, 0.717) is 13.0 Å². The molecule has 0 N–H and O–H groups in total. The zero-order chi connectivity index (χ0) is 9.80. The first-order valence-corrected chi connectivity index (χ1v) is 4.59. The highest BCUT2D eigenvalue weighted by molar-refractivity contribution is 5.28. The smallest absolute Gasteiger partial charge is 0.119 e. The first-order valence-electron chi connectivity index (χ1n) is 4.59. The van der Waals surface area contributed by atoms with Crippen LogP contribution >= 0.6 is 0 Å². The van der Waals surface area contributed by atoms with Crippen LogP contribution in [-0.4, -0.2) is 19.3 Å². The number of hydrogen-bond donors (Lipinski definition) is 0. The number of hydrogen-bond acceptors (Lipinski definition) is 3. The Morgan fingerprint density at radius 2 is 2.14 bits per heavy atom. The zero-order valence-corrected chi connectivity index (χ0v) is 7.77. The van der Waals surface area contributed by atoms with Gasteiger partial charge in [0.15, 0.2) is 0 Å². The molecule has 1 aromatic rings. The summed E-state index contributed by atoms with van der Waals surface area (Å²) in [7, 11) is 0. The lowest BCUT2D eigenvalue weighted by Crippen LogP contribution is -2.03. The lowest BCUT2D eigenvalue weighted by molar-refractivity contribution is 0.263. The minimum absolute atomic E-state index is 0.286. The molecule has 2 rings (SSSR count). The molecule has 1 aromatic carbocycles. The lowest BCUT2D eigenvalue weighted by Gasteiger charge is -2.03. The molecule has 1 heterocycles. The van der Waals surface area contributed by atoms with Crippen LogP contribution in [0.15, 0.2) is 24.3 Å². The number of nitrogens with zero attached hydrogens (tertiary/aromatic N) is 1. The van der Waals surface area contributed by atoms with E-state index in [0.717, 1.165) is 17.9 Å². The molecule has 72 valence electrons. The van der Waals surface area contributed by atoms with E-state index in [2.05, 4.69) is 6.07 Å². The molecular weight excluding hydrogens is 178 g/mol. The zero-order valence-electron chi connectivity index (χ0n) is 7.77. The van der Waals surface area contributed by atoms with Crippen molar-refractivity contribution >= 4 is 0 Å². The van der Waals surface area contributed by atoms with Crippen molar-refractivity contribution < 1.29 is 9.47 Å². The molecule has 0 radical (unpaired) electrons. The van der Waals surface area contributed by atoms with Gasteiger partial charge in [-0.15, -0.1) is 0 Å². The maximum Gasteiger partial charge on any atom is 0.119 e. The second-order valence-corrected chi connectivity index (χ2v) is 3.25. The van der Waals surface area contributed by atoms with Crippen LogP contribution in [0.4, 0.5) is 0 Å². The molecule has 3 heteroatoms. The van der Waals surface area contributed by atoms with Crippen molar-refractivity contribution in [2.45, 2.75) is 12.5 Å². The standard InChI is InChI=1S/C11H11NO2/c12-6-5-9-1-3-10(4-2-9)13-7-11-8-14-11/h1-4,11H,5,7-8H2/t11-/m0/s1. The summed E-state index contributed by atoms with van der Waals surface area (Å²) in [6, 6.07) is 9.69. The van der Waals surface area contributed by atoms with Crippen LogP contribution in [0.1, 0.15) is 5.56 Å². The van der Waals surface area contributed by atoms with E-state index in [1.54, 1.807) is 0 Å². The summed E-state index contributed by atoms with van der Waals surface area (Å²) < 4.78 is 10.5. The summed E-state index contributed by atoms with van der Waals surface area (Å²) in [5, 5.41) is 8.48. The average molecular weight is 189 g/mol. The van der Waals surface area contributed by atoms with Gasteiger partial charge in [-0.1, -0.05) is 12.1 Å². The molecule has 1 fully saturated rings. The van der Waals surface area contributed by atoms with Crippen molar-refractivity contribution in [3.63, 3.8) is 0 Å². The molecule has 3 nitrogen and oxygen atoms in total. The van der Waals surface area contributed by atoms with Gasteiger partial charge in [-0.3, -0.25) is 0 Å². The predicted molar refractivity (Wildman–Crippen MR) is 51.0 cm³/mol. The van der Waals surface area contributed by atoms with Gasteiger partial charge in [-0.2, -0.15) is 5.26 Å². The molecule has 1 aliphatic rings. The Morgan fingerprint density at radius 1 is 1.43 bits per heavy atom. The molecule has 1 saturated heterocycles. The normalized spacial score (nSPS) is 18.6. The molecule has 0 saturated carbocycles. The summed E-state index contributed by atoms with van der Waals surface area (Å²) in [5.74, 6) is 0.835. The maximum atomic E-state index is 8.48. The van der Waals surface area contributed by atoms with Crippen LogP contribution in [0, 0.1) is 11.3 Å². The van der Waals surface area contributed by atoms with Crippen molar-refractivity contribution in [1.82, 2.24) is 0 Å². The molecule has 0 bridgehead atoms. The third-order valence-corrected chi connectivity index (χ3v) is 2.04. The van der Waals surface area contributed by atoms with E-state index in [9.17, 15) is 0 Å². The molecule has 0 aliphatic carbocycles. The minimum Gasteiger partial charge on any atom is -0.491 e. The number of nitriles is 1. The first-order chi connectivity index (χ1) is 6.88. The molecule has 1 aliphatic heterocycles. The molecule has 0 aromatic heterocycles. The van der Waals surface area contributed by atoms with E-state index in [-0.39, 0.29) is 6.10 Å². The van der Waals surface area contributed by atoms with Crippen LogP contribution in [0.2, 0.25) is 0 Å². The molecular formula is C11H11NO2. The largest absolute Gasteiger partial charge is 0.491 e. The topological polar surface area (TPSA) is 45.5 Å². The number of ether oxygens (including phenoxy) is 2. The van der Waals surface area contributed by atoms with Gasteiger partial charge in [0.05, 0.1) is 19.1 Å². The van der Waals surface area contributed by atoms with Gasteiger partial charge in [0.2, 0.25) is 0 Å². The Hall–Kier alpha value is -1.53. The van der Waals surface area contributed by atoms with E-state index in [1.165, 1.54) is 0 Å². The SMILES string of the molecule is N#CCc1ccc(OC[C@H]2CO2)cc1. The number of benzene rings is 1. The third-order valence-electron chi connectivity index (χ3n) is 2.04. The van der Waals surface area contributed by atoms with Crippen LogP contribution in [0.25, 0.3) is 0 Å². The number of rotatable bonds is 4. The van der Waals surface area contributed by atoms with E-state index in [4.69, 9.17) is 14.7 Å². The fourth-order valence-corrected chi connectivity index (χ4v) is 1.15. The van der Waals surface area contributed by atoms with Gasteiger partial charge < -0.3 is 9.47 Å². The molecule has 0 unspecified atom stereocenters. The summed E-state index contributed by atoms with van der Waals surface area (Å²) in [6.07, 6.45) is 0.736. The van der Waals surface area contributed by atoms with E-state index in [1.807, 2.05) is 24.3 Å². The minimum atomic E-state index is 0.286. The number of epoxide rings is 1. The van der Waals surface area contributed by atoms with Crippen molar-refractivity contribution in [2.24, 2.45) is 0 Å². The third kappa shape index (κ3) is 2.48. The Kier molecular flexibility index (Phi) is 2.66. The van der Waals surface area contributed by atoms with Crippen LogP contribution in [0.5, 0.6) is 5.75 Å². The van der Waals surface area contributed by atoms with Crippen molar-refractivity contribution in [3.8, 4) is 11.8 Å². The average Bonchev–Trinajstić information content (AvgIpc) is 3.01. The first kappa shape index (κ1) is 9.04. The summed E-state index contributed by atoms with van der Waals surface area (Å²) in [6.45, 7) is 1.43. The summed E-state index contributed by atoms with van der Waals surface area (Å²) in [5.41, 5.74) is 1.02. The summed E-state index contributed by atoms with van der Waals surface area (Å²) >= 11 is 0. The van der Waals surface area contributed by atoms with Crippen LogP contribution in [0.3, 0.4) is 0 Å². The molecule has 1 atom stereocenters. The second-order valence-electron chi connectivity index (χ2n) is 3.25. The van der Waals surface area contributed by atoms with Gasteiger partial charge in [-0.05, 0) is 17.7 Å². The van der Waals surface area contributed by atoms with Gasteiger partial charge >= 0.3 is 0 Å². The Balaban J connectivity index is 1.88. The monoisotopic (exact) mass is 189 g/mol. The maximum absolute atomic E-state index is 8.48. The Bertz CT molecular complexity index is 335. The quantitative estimate of drug-likeness (QED) is 0.675. The highest BCUT2D eigenvalue weighted by Crippen LogP contribution is 2.15. The van der Waals surface area contributed by atoms with Gasteiger partial charge in [-0.25, -0.2) is 0 Å². The van der Waals surface area contributed by atoms with Crippen molar-refractivity contribution in [2.75, 3.05) is 13.2 Å². The van der Waals surface area contributed by atoms with E-state index < -0.39 is 0 Å². The van der Waals surface area contributed by atoms with Gasteiger partial charge in [0.25, 0.3) is 0 Å². The van der Waals surface area contributed by atoms with Crippen molar-refractivity contribution in [3.05, 3.63) is 29.8 Å². The lowest BCUT2D eigenvalue weighted by atomic mass is 10.2. The fourth-order valence-electron chi connectivity index (χ4n) is 1.15.